The van der Waals surface area contributed by atoms with Crippen molar-refractivity contribution in [3.05, 3.63) is 28.5 Å². The molecule has 0 aliphatic rings. The summed E-state index contributed by atoms with van der Waals surface area (Å²) in [6.45, 7) is 3.15. The third-order valence-corrected chi connectivity index (χ3v) is 3.41. The molecule has 3 nitrogen and oxygen atoms in total. The summed E-state index contributed by atoms with van der Waals surface area (Å²) in [6, 6.07) is 2.81. The van der Waals surface area contributed by atoms with E-state index in [1.165, 1.54) is 12.1 Å². The summed E-state index contributed by atoms with van der Waals surface area (Å²) in [5, 5.41) is 12.2. The molecular formula is C12H15ClFNO2S. The number of carbonyl (C=O) groups is 1. The van der Waals surface area contributed by atoms with Crippen LogP contribution in [-0.4, -0.2) is 29.4 Å². The highest BCUT2D eigenvalue weighted by Gasteiger charge is 2.19. The summed E-state index contributed by atoms with van der Waals surface area (Å²) in [6.07, 6.45) is 1.68. The van der Waals surface area contributed by atoms with Crippen LogP contribution < -0.4 is 5.32 Å². The van der Waals surface area contributed by atoms with Crippen LogP contribution in [0.15, 0.2) is 17.0 Å². The highest BCUT2D eigenvalue weighted by Crippen LogP contribution is 2.30. The summed E-state index contributed by atoms with van der Waals surface area (Å²) in [4.78, 5) is 12.0. The maximum absolute atomic E-state index is 14.0. The molecule has 1 rings (SSSR count). The minimum Gasteiger partial charge on any atom is -0.389 e. The van der Waals surface area contributed by atoms with E-state index in [-0.39, 0.29) is 22.0 Å². The Labute approximate surface area is 115 Å². The zero-order valence-corrected chi connectivity index (χ0v) is 12.0. The zero-order chi connectivity index (χ0) is 13.9. The second-order valence-corrected chi connectivity index (χ2v) is 5.66. The summed E-state index contributed by atoms with van der Waals surface area (Å²) in [5.41, 5.74) is -1.12. The molecule has 0 fully saturated rings. The van der Waals surface area contributed by atoms with Gasteiger partial charge >= 0.3 is 0 Å². The summed E-state index contributed by atoms with van der Waals surface area (Å²) in [5.74, 6) is -1.20. The van der Waals surface area contributed by atoms with Crippen molar-refractivity contribution in [3.8, 4) is 0 Å². The van der Waals surface area contributed by atoms with Gasteiger partial charge in [-0.15, -0.1) is 11.8 Å². The number of thioether (sulfide) groups is 1. The Morgan fingerprint density at radius 3 is 2.67 bits per heavy atom. The topological polar surface area (TPSA) is 49.3 Å². The van der Waals surface area contributed by atoms with Gasteiger partial charge in [0.25, 0.3) is 5.91 Å². The van der Waals surface area contributed by atoms with Gasteiger partial charge in [-0.2, -0.15) is 0 Å². The van der Waals surface area contributed by atoms with E-state index < -0.39 is 17.3 Å². The van der Waals surface area contributed by atoms with E-state index in [2.05, 4.69) is 5.32 Å². The van der Waals surface area contributed by atoms with E-state index >= 15 is 0 Å². The van der Waals surface area contributed by atoms with Crippen LogP contribution in [-0.2, 0) is 0 Å². The normalized spacial score (nSPS) is 11.4. The number of carbonyl (C=O) groups excluding carboxylic acids is 1. The van der Waals surface area contributed by atoms with Gasteiger partial charge in [-0.25, -0.2) is 4.39 Å². The Kier molecular flexibility index (Phi) is 5.01. The first-order valence-corrected chi connectivity index (χ1v) is 6.89. The molecule has 1 aromatic carbocycles. The van der Waals surface area contributed by atoms with Crippen LogP contribution in [0, 0.1) is 5.82 Å². The van der Waals surface area contributed by atoms with Crippen LogP contribution >= 0.6 is 23.4 Å². The van der Waals surface area contributed by atoms with Gasteiger partial charge in [0, 0.05) is 6.54 Å². The van der Waals surface area contributed by atoms with Crippen LogP contribution in [0.1, 0.15) is 24.2 Å². The van der Waals surface area contributed by atoms with Gasteiger partial charge in [0.05, 0.1) is 21.1 Å². The Morgan fingerprint density at radius 1 is 1.56 bits per heavy atom. The average Bonchev–Trinajstić information content (AvgIpc) is 2.26. The van der Waals surface area contributed by atoms with Crippen molar-refractivity contribution < 1.29 is 14.3 Å². The minimum absolute atomic E-state index is 0.0441. The average molecular weight is 292 g/mol. The first-order valence-electron chi connectivity index (χ1n) is 5.29. The molecule has 0 unspecified atom stereocenters. The molecule has 0 spiro atoms. The molecule has 0 aliphatic heterocycles. The van der Waals surface area contributed by atoms with Crippen LogP contribution in [0.5, 0.6) is 0 Å². The fourth-order valence-electron chi connectivity index (χ4n) is 1.29. The van der Waals surface area contributed by atoms with Crippen molar-refractivity contribution >= 4 is 29.3 Å². The number of hydrogen-bond acceptors (Lipinski definition) is 3. The number of nitrogens with one attached hydrogen (secondary N) is 1. The predicted octanol–water partition coefficient (Wildman–Crippen LogP) is 2.70. The van der Waals surface area contributed by atoms with Gasteiger partial charge < -0.3 is 10.4 Å². The van der Waals surface area contributed by atoms with Crippen LogP contribution in [0.3, 0.4) is 0 Å². The third-order valence-electron chi connectivity index (χ3n) is 2.18. The second-order valence-electron chi connectivity index (χ2n) is 4.44. The number of amides is 1. The van der Waals surface area contributed by atoms with Gasteiger partial charge in [-0.05, 0) is 32.2 Å². The standard InChI is InChI=1S/C12H15ClFNO2S/c1-12(2,17)6-15-11(16)7-4-5-8(13)10(18-3)9(7)14/h4-5,17H,6H2,1-3H3,(H,15,16). The van der Waals surface area contributed by atoms with Crippen molar-refractivity contribution in [3.63, 3.8) is 0 Å². The fraction of sp³-hybridized carbons (Fsp3) is 0.417. The maximum Gasteiger partial charge on any atom is 0.254 e. The molecule has 18 heavy (non-hydrogen) atoms. The van der Waals surface area contributed by atoms with E-state index in [0.29, 0.717) is 0 Å². The number of hydrogen-bond donors (Lipinski definition) is 2. The Bertz CT molecular complexity index is 460. The SMILES string of the molecule is CSc1c(Cl)ccc(C(=O)NCC(C)(C)O)c1F. The molecule has 6 heteroatoms. The zero-order valence-electron chi connectivity index (χ0n) is 10.4. The molecule has 100 valence electrons. The number of aliphatic hydroxyl groups is 1. The highest BCUT2D eigenvalue weighted by molar-refractivity contribution is 7.98. The monoisotopic (exact) mass is 291 g/mol. The first kappa shape index (κ1) is 15.3. The van der Waals surface area contributed by atoms with Gasteiger partial charge in [0.15, 0.2) is 5.82 Å². The lowest BCUT2D eigenvalue weighted by molar-refractivity contribution is 0.0692. The van der Waals surface area contributed by atoms with E-state index in [4.69, 9.17) is 11.6 Å². The van der Waals surface area contributed by atoms with E-state index in [0.717, 1.165) is 11.8 Å². The van der Waals surface area contributed by atoms with Gasteiger partial charge in [0.1, 0.15) is 0 Å². The van der Waals surface area contributed by atoms with Crippen molar-refractivity contribution in [1.82, 2.24) is 5.32 Å². The molecule has 0 bridgehead atoms. The smallest absolute Gasteiger partial charge is 0.254 e. The van der Waals surface area contributed by atoms with E-state index in [1.807, 2.05) is 0 Å². The number of benzene rings is 1. The van der Waals surface area contributed by atoms with Gasteiger partial charge in [-0.3, -0.25) is 4.79 Å². The van der Waals surface area contributed by atoms with Crippen molar-refractivity contribution in [2.75, 3.05) is 12.8 Å². The van der Waals surface area contributed by atoms with E-state index in [9.17, 15) is 14.3 Å². The molecule has 0 aromatic heterocycles. The summed E-state index contributed by atoms with van der Waals surface area (Å²) in [7, 11) is 0. The molecule has 0 aliphatic carbocycles. The summed E-state index contributed by atoms with van der Waals surface area (Å²) < 4.78 is 14.0. The molecule has 2 N–H and O–H groups in total. The van der Waals surface area contributed by atoms with Crippen molar-refractivity contribution in [2.45, 2.75) is 24.3 Å². The number of halogens is 2. The maximum atomic E-state index is 14.0. The van der Waals surface area contributed by atoms with Crippen LogP contribution in [0.4, 0.5) is 4.39 Å². The van der Waals surface area contributed by atoms with E-state index in [1.54, 1.807) is 20.1 Å². The predicted molar refractivity (Wildman–Crippen MR) is 71.8 cm³/mol. The molecule has 0 heterocycles. The lowest BCUT2D eigenvalue weighted by Crippen LogP contribution is -2.38. The lowest BCUT2D eigenvalue weighted by atomic mass is 10.1. The first-order chi connectivity index (χ1) is 8.26. The minimum atomic E-state index is -1.04. The quantitative estimate of drug-likeness (QED) is 0.839. The number of rotatable bonds is 4. The fourth-order valence-corrected chi connectivity index (χ4v) is 2.22. The lowest BCUT2D eigenvalue weighted by Gasteiger charge is -2.18. The molecular weight excluding hydrogens is 277 g/mol. The molecule has 1 aromatic rings. The summed E-state index contributed by atoms with van der Waals surface area (Å²) >= 11 is 6.96. The Morgan fingerprint density at radius 2 is 2.17 bits per heavy atom. The Balaban J connectivity index is 2.94. The van der Waals surface area contributed by atoms with Gasteiger partial charge in [0.2, 0.25) is 0 Å². The van der Waals surface area contributed by atoms with Crippen molar-refractivity contribution in [1.29, 1.82) is 0 Å². The Hall–Kier alpha value is -0.780. The molecule has 0 saturated carbocycles. The molecule has 0 radical (unpaired) electrons. The molecule has 0 atom stereocenters. The highest BCUT2D eigenvalue weighted by atomic mass is 35.5. The largest absolute Gasteiger partial charge is 0.389 e. The van der Waals surface area contributed by atoms with Gasteiger partial charge in [-0.1, -0.05) is 11.6 Å². The van der Waals surface area contributed by atoms with Crippen LogP contribution in [0.25, 0.3) is 0 Å². The third kappa shape index (κ3) is 3.86. The second kappa shape index (κ2) is 5.91. The van der Waals surface area contributed by atoms with Crippen LogP contribution in [0.2, 0.25) is 5.02 Å². The van der Waals surface area contributed by atoms with Crippen molar-refractivity contribution in [2.24, 2.45) is 0 Å². The molecule has 0 saturated heterocycles. The molecule has 1 amide bonds.